The highest BCUT2D eigenvalue weighted by Crippen LogP contribution is 2.48. The third-order valence-electron chi connectivity index (χ3n) is 4.12. The van der Waals surface area contributed by atoms with Gasteiger partial charge in [0, 0.05) is 19.6 Å². The number of allylic oxidation sites excluding steroid dienone is 4. The molecule has 2 rings (SSSR count). The average Bonchev–Trinajstić information content (AvgIpc) is 2.61. The molecule has 2 nitrogen and oxygen atoms in total. The fourth-order valence-electron chi connectivity index (χ4n) is 3.71. The van der Waals surface area contributed by atoms with Crippen LogP contribution in [0.3, 0.4) is 0 Å². The summed E-state index contributed by atoms with van der Waals surface area (Å²) in [4.78, 5) is 0. The van der Waals surface area contributed by atoms with E-state index in [1.54, 1.807) is 30.9 Å². The minimum atomic E-state index is 0.160. The maximum Gasteiger partial charge on any atom is 0.0547 e. The monoisotopic (exact) mass is 236 g/mol. The van der Waals surface area contributed by atoms with Crippen LogP contribution in [0.5, 0.6) is 0 Å². The quantitative estimate of drug-likeness (QED) is 0.745. The molecular weight excluding hydrogens is 212 g/mol. The lowest BCUT2D eigenvalue weighted by Gasteiger charge is -2.38. The molecule has 0 aromatic heterocycles. The summed E-state index contributed by atoms with van der Waals surface area (Å²) in [5, 5.41) is 0. The highest BCUT2D eigenvalue weighted by atomic mass is 16.5. The van der Waals surface area contributed by atoms with Crippen molar-refractivity contribution in [2.75, 3.05) is 27.4 Å². The van der Waals surface area contributed by atoms with Gasteiger partial charge < -0.3 is 9.47 Å². The van der Waals surface area contributed by atoms with Gasteiger partial charge in [0.25, 0.3) is 0 Å². The number of fused-ring (bicyclic) bond motifs is 1. The molecule has 96 valence electrons. The molecule has 0 spiro atoms. The summed E-state index contributed by atoms with van der Waals surface area (Å²) >= 11 is 0. The van der Waals surface area contributed by atoms with Gasteiger partial charge in [-0.25, -0.2) is 0 Å². The Labute approximate surface area is 105 Å². The third-order valence-corrected chi connectivity index (χ3v) is 4.12. The number of hydrogen-bond acceptors (Lipinski definition) is 2. The van der Waals surface area contributed by atoms with Gasteiger partial charge in [0.2, 0.25) is 0 Å². The smallest absolute Gasteiger partial charge is 0.0547 e. The second-order valence-electron chi connectivity index (χ2n) is 5.78. The Hall–Kier alpha value is -0.600. The van der Waals surface area contributed by atoms with Gasteiger partial charge in [-0.2, -0.15) is 0 Å². The van der Waals surface area contributed by atoms with Crippen LogP contribution < -0.4 is 0 Å². The summed E-state index contributed by atoms with van der Waals surface area (Å²) in [5.41, 5.74) is 4.87. The number of ether oxygens (including phenoxy) is 2. The lowest BCUT2D eigenvalue weighted by atomic mass is 9.70. The van der Waals surface area contributed by atoms with E-state index in [-0.39, 0.29) is 5.41 Å². The minimum absolute atomic E-state index is 0.160. The van der Waals surface area contributed by atoms with E-state index in [1.165, 1.54) is 6.42 Å². The number of rotatable bonds is 4. The molecule has 0 aromatic rings. The van der Waals surface area contributed by atoms with Crippen LogP contribution in [0.1, 0.15) is 33.1 Å². The van der Waals surface area contributed by atoms with Gasteiger partial charge in [0.1, 0.15) is 0 Å². The van der Waals surface area contributed by atoms with Gasteiger partial charge in [0.15, 0.2) is 0 Å². The molecule has 2 aliphatic carbocycles. The van der Waals surface area contributed by atoms with Gasteiger partial charge in [-0.05, 0) is 43.3 Å². The molecule has 0 amide bonds. The van der Waals surface area contributed by atoms with Crippen LogP contribution in [0, 0.1) is 11.3 Å². The van der Waals surface area contributed by atoms with Crippen LogP contribution >= 0.6 is 0 Å². The van der Waals surface area contributed by atoms with E-state index in [1.807, 2.05) is 0 Å². The van der Waals surface area contributed by atoms with Crippen LogP contribution in [-0.2, 0) is 9.47 Å². The predicted molar refractivity (Wildman–Crippen MR) is 70.0 cm³/mol. The maximum atomic E-state index is 5.43. The molecule has 2 aliphatic rings. The molecular formula is C15H24O2. The van der Waals surface area contributed by atoms with E-state index in [0.717, 1.165) is 26.1 Å². The van der Waals surface area contributed by atoms with Gasteiger partial charge in [-0.15, -0.1) is 0 Å². The Bertz CT molecular complexity index is 346. The molecule has 0 heterocycles. The SMILES string of the molecule is COCC1(COC)CC2=CCC(C)C2=C(C)C1. The molecule has 0 aliphatic heterocycles. The average molecular weight is 236 g/mol. The fourth-order valence-corrected chi connectivity index (χ4v) is 3.71. The van der Waals surface area contributed by atoms with E-state index in [9.17, 15) is 0 Å². The van der Waals surface area contributed by atoms with E-state index >= 15 is 0 Å². The van der Waals surface area contributed by atoms with Crippen molar-refractivity contribution >= 4 is 0 Å². The highest BCUT2D eigenvalue weighted by molar-refractivity contribution is 5.45. The molecule has 0 bridgehead atoms. The van der Waals surface area contributed by atoms with E-state index in [0.29, 0.717) is 5.92 Å². The zero-order valence-electron chi connectivity index (χ0n) is 11.5. The normalized spacial score (nSPS) is 27.1. The lowest BCUT2D eigenvalue weighted by molar-refractivity contribution is 0.00818. The largest absolute Gasteiger partial charge is 0.384 e. The molecule has 2 heteroatoms. The van der Waals surface area contributed by atoms with Crippen LogP contribution in [0.25, 0.3) is 0 Å². The first-order valence-electron chi connectivity index (χ1n) is 6.49. The van der Waals surface area contributed by atoms with Crippen LogP contribution in [-0.4, -0.2) is 27.4 Å². The lowest BCUT2D eigenvalue weighted by Crippen LogP contribution is -2.35. The van der Waals surface area contributed by atoms with Crippen LogP contribution in [0.4, 0.5) is 0 Å². The summed E-state index contributed by atoms with van der Waals surface area (Å²) in [6, 6.07) is 0. The zero-order valence-corrected chi connectivity index (χ0v) is 11.5. The molecule has 17 heavy (non-hydrogen) atoms. The van der Waals surface area contributed by atoms with Crippen LogP contribution in [0.2, 0.25) is 0 Å². The van der Waals surface area contributed by atoms with E-state index in [4.69, 9.17) is 9.47 Å². The molecule has 0 fully saturated rings. The Morgan fingerprint density at radius 3 is 2.47 bits per heavy atom. The predicted octanol–water partition coefficient (Wildman–Crippen LogP) is 3.34. The van der Waals surface area contributed by atoms with Crippen LogP contribution in [0.15, 0.2) is 22.8 Å². The second-order valence-corrected chi connectivity index (χ2v) is 5.78. The first kappa shape index (κ1) is 12.8. The standard InChI is InChI=1S/C15H24O2/c1-11-5-6-13-8-15(9-16-3,10-17-4)7-12(2)14(11)13/h6,11H,5,7-10H2,1-4H3. The van der Waals surface area contributed by atoms with Gasteiger partial charge in [-0.3, -0.25) is 0 Å². The van der Waals surface area contributed by atoms with E-state index < -0.39 is 0 Å². The second kappa shape index (κ2) is 4.95. The van der Waals surface area contributed by atoms with Crippen molar-refractivity contribution in [1.29, 1.82) is 0 Å². The van der Waals surface area contributed by atoms with Crippen molar-refractivity contribution in [2.24, 2.45) is 11.3 Å². The number of methoxy groups -OCH3 is 2. The van der Waals surface area contributed by atoms with Crippen molar-refractivity contribution in [3.8, 4) is 0 Å². The van der Waals surface area contributed by atoms with Crippen molar-refractivity contribution < 1.29 is 9.47 Å². The molecule has 0 N–H and O–H groups in total. The summed E-state index contributed by atoms with van der Waals surface area (Å²) in [6.07, 6.45) is 5.86. The highest BCUT2D eigenvalue weighted by Gasteiger charge is 2.39. The van der Waals surface area contributed by atoms with Crippen molar-refractivity contribution in [3.63, 3.8) is 0 Å². The van der Waals surface area contributed by atoms with Gasteiger partial charge in [0.05, 0.1) is 13.2 Å². The van der Waals surface area contributed by atoms with Crippen molar-refractivity contribution in [1.82, 2.24) is 0 Å². The Kier molecular flexibility index (Phi) is 3.74. The zero-order chi connectivity index (χ0) is 12.5. The van der Waals surface area contributed by atoms with Gasteiger partial charge in [-0.1, -0.05) is 18.6 Å². The molecule has 0 saturated heterocycles. The Morgan fingerprint density at radius 1 is 1.24 bits per heavy atom. The molecule has 1 atom stereocenters. The molecule has 0 aromatic carbocycles. The molecule has 0 radical (unpaired) electrons. The minimum Gasteiger partial charge on any atom is -0.384 e. The van der Waals surface area contributed by atoms with Gasteiger partial charge >= 0.3 is 0 Å². The topological polar surface area (TPSA) is 18.5 Å². The summed E-state index contributed by atoms with van der Waals surface area (Å²) in [5.74, 6) is 0.716. The fraction of sp³-hybridized carbons (Fsp3) is 0.733. The summed E-state index contributed by atoms with van der Waals surface area (Å²) < 4.78 is 10.9. The first-order valence-corrected chi connectivity index (χ1v) is 6.49. The summed E-state index contributed by atoms with van der Waals surface area (Å²) in [6.45, 7) is 6.20. The third kappa shape index (κ3) is 2.34. The molecule has 0 saturated carbocycles. The Morgan fingerprint density at radius 2 is 1.88 bits per heavy atom. The maximum absolute atomic E-state index is 5.43. The van der Waals surface area contributed by atoms with E-state index in [2.05, 4.69) is 19.9 Å². The van der Waals surface area contributed by atoms with Crippen molar-refractivity contribution in [2.45, 2.75) is 33.1 Å². The Balaban J connectivity index is 2.28. The first-order chi connectivity index (χ1) is 8.12. The van der Waals surface area contributed by atoms with Crippen molar-refractivity contribution in [3.05, 3.63) is 22.8 Å². The number of hydrogen-bond donors (Lipinski definition) is 0. The molecule has 1 unspecified atom stereocenters. The summed E-state index contributed by atoms with van der Waals surface area (Å²) in [7, 11) is 3.58.